The lowest BCUT2D eigenvalue weighted by Gasteiger charge is -2.12. The zero-order valence-corrected chi connectivity index (χ0v) is 14.7. The number of nitrogens with one attached hydrogen (secondary N) is 2. The van der Waals surface area contributed by atoms with Gasteiger partial charge in [-0.2, -0.15) is 0 Å². The van der Waals surface area contributed by atoms with Crippen LogP contribution in [0.2, 0.25) is 0 Å². The predicted octanol–water partition coefficient (Wildman–Crippen LogP) is 2.32. The van der Waals surface area contributed by atoms with E-state index in [0.29, 0.717) is 13.2 Å². The smallest absolute Gasteiger partial charge is 0.237 e. The minimum absolute atomic E-state index is 0. The van der Waals surface area contributed by atoms with Crippen molar-refractivity contribution in [1.29, 1.82) is 0 Å². The summed E-state index contributed by atoms with van der Waals surface area (Å²) in [6.07, 6.45) is 3.85. The van der Waals surface area contributed by atoms with Crippen LogP contribution in [0.1, 0.15) is 31.7 Å². The highest BCUT2D eigenvalue weighted by Gasteiger charge is 2.21. The molecule has 0 bridgehead atoms. The standard InChI is InChI=1S/C17H26N2O3.ClH/c1-3-22-16-12-13(8-9-15(16)21-2)6-4-11-19-17(20)14-7-5-10-18-14;/h8-9,12,14,18H,3-7,10-11H2,1-2H3,(H,19,20);1H. The van der Waals surface area contributed by atoms with Crippen molar-refractivity contribution in [3.63, 3.8) is 0 Å². The van der Waals surface area contributed by atoms with Crippen LogP contribution in [0.3, 0.4) is 0 Å². The van der Waals surface area contributed by atoms with Gasteiger partial charge in [-0.05, 0) is 56.8 Å². The molecule has 5 nitrogen and oxygen atoms in total. The van der Waals surface area contributed by atoms with Crippen LogP contribution < -0.4 is 20.1 Å². The average molecular weight is 343 g/mol. The molecule has 1 aromatic rings. The van der Waals surface area contributed by atoms with E-state index in [0.717, 1.165) is 43.7 Å². The lowest BCUT2D eigenvalue weighted by atomic mass is 10.1. The number of rotatable bonds is 8. The number of halogens is 1. The van der Waals surface area contributed by atoms with Crippen LogP contribution in [0.25, 0.3) is 0 Å². The molecule has 0 aliphatic carbocycles. The monoisotopic (exact) mass is 342 g/mol. The number of aryl methyl sites for hydroxylation is 1. The van der Waals surface area contributed by atoms with Gasteiger partial charge >= 0.3 is 0 Å². The van der Waals surface area contributed by atoms with Crippen molar-refractivity contribution in [2.45, 2.75) is 38.6 Å². The first kappa shape index (κ1) is 19.6. The number of hydrogen-bond donors (Lipinski definition) is 2. The van der Waals surface area contributed by atoms with Gasteiger partial charge in [0.15, 0.2) is 11.5 Å². The molecule has 1 heterocycles. The normalized spacial score (nSPS) is 16.5. The second-order valence-corrected chi connectivity index (χ2v) is 5.46. The zero-order valence-electron chi connectivity index (χ0n) is 13.9. The Morgan fingerprint density at radius 1 is 1.39 bits per heavy atom. The highest BCUT2D eigenvalue weighted by atomic mass is 35.5. The number of ether oxygens (including phenoxy) is 2. The maximum Gasteiger partial charge on any atom is 0.237 e. The highest BCUT2D eigenvalue weighted by Crippen LogP contribution is 2.28. The van der Waals surface area contributed by atoms with Gasteiger partial charge in [0, 0.05) is 6.54 Å². The van der Waals surface area contributed by atoms with Crippen LogP contribution in [0.15, 0.2) is 18.2 Å². The van der Waals surface area contributed by atoms with Crippen molar-refractivity contribution < 1.29 is 14.3 Å². The summed E-state index contributed by atoms with van der Waals surface area (Å²) in [4.78, 5) is 11.9. The molecule has 2 rings (SSSR count). The second kappa shape index (κ2) is 10.3. The first-order valence-corrected chi connectivity index (χ1v) is 8.05. The van der Waals surface area contributed by atoms with E-state index in [1.54, 1.807) is 7.11 Å². The lowest BCUT2D eigenvalue weighted by Crippen LogP contribution is -2.40. The third kappa shape index (κ3) is 5.92. The van der Waals surface area contributed by atoms with E-state index in [9.17, 15) is 4.79 Å². The fourth-order valence-electron chi connectivity index (χ4n) is 2.68. The molecule has 1 aromatic carbocycles. The molecule has 130 valence electrons. The summed E-state index contributed by atoms with van der Waals surface area (Å²) in [6.45, 7) is 4.22. The SMILES string of the molecule is CCOc1cc(CCCNC(=O)C2CCCN2)ccc1OC.Cl. The fourth-order valence-corrected chi connectivity index (χ4v) is 2.68. The van der Waals surface area contributed by atoms with E-state index in [4.69, 9.17) is 9.47 Å². The van der Waals surface area contributed by atoms with E-state index in [2.05, 4.69) is 10.6 Å². The first-order chi connectivity index (χ1) is 10.7. The number of amides is 1. The molecule has 1 amide bonds. The summed E-state index contributed by atoms with van der Waals surface area (Å²) in [5.74, 6) is 1.66. The highest BCUT2D eigenvalue weighted by molar-refractivity contribution is 5.85. The Morgan fingerprint density at radius 3 is 2.87 bits per heavy atom. The van der Waals surface area contributed by atoms with Crippen LogP contribution in [0, 0.1) is 0 Å². The molecule has 0 radical (unpaired) electrons. The summed E-state index contributed by atoms with van der Waals surface area (Å²) >= 11 is 0. The van der Waals surface area contributed by atoms with Crippen molar-refractivity contribution in [3.05, 3.63) is 23.8 Å². The largest absolute Gasteiger partial charge is 0.493 e. The van der Waals surface area contributed by atoms with Gasteiger partial charge < -0.3 is 20.1 Å². The number of carbonyl (C=O) groups is 1. The van der Waals surface area contributed by atoms with Crippen LogP contribution in [-0.2, 0) is 11.2 Å². The molecule has 0 spiro atoms. The number of hydrogen-bond acceptors (Lipinski definition) is 4. The lowest BCUT2D eigenvalue weighted by molar-refractivity contribution is -0.122. The van der Waals surface area contributed by atoms with Crippen molar-refractivity contribution >= 4 is 18.3 Å². The van der Waals surface area contributed by atoms with E-state index in [1.807, 2.05) is 25.1 Å². The number of carbonyl (C=O) groups excluding carboxylic acids is 1. The van der Waals surface area contributed by atoms with Crippen molar-refractivity contribution in [1.82, 2.24) is 10.6 Å². The Kier molecular flexibility index (Phi) is 8.81. The van der Waals surface area contributed by atoms with Gasteiger partial charge in [-0.1, -0.05) is 6.07 Å². The van der Waals surface area contributed by atoms with Crippen LogP contribution in [0.4, 0.5) is 0 Å². The molecule has 1 unspecified atom stereocenters. The van der Waals surface area contributed by atoms with E-state index in [1.165, 1.54) is 5.56 Å². The predicted molar refractivity (Wildman–Crippen MR) is 93.8 cm³/mol. The Hall–Kier alpha value is -1.46. The molecule has 1 atom stereocenters. The van der Waals surface area contributed by atoms with Crippen LogP contribution >= 0.6 is 12.4 Å². The molecule has 1 saturated heterocycles. The Balaban J connectivity index is 0.00000264. The molecule has 0 aromatic heterocycles. The summed E-state index contributed by atoms with van der Waals surface area (Å²) < 4.78 is 10.9. The summed E-state index contributed by atoms with van der Waals surface area (Å²) in [6, 6.07) is 6.00. The molecule has 1 aliphatic rings. The average Bonchev–Trinajstić information content (AvgIpc) is 3.06. The quantitative estimate of drug-likeness (QED) is 0.712. The van der Waals surface area contributed by atoms with Crippen molar-refractivity contribution in [3.8, 4) is 11.5 Å². The maximum absolute atomic E-state index is 11.9. The van der Waals surface area contributed by atoms with Gasteiger partial charge in [0.2, 0.25) is 5.91 Å². The molecule has 1 fully saturated rings. The maximum atomic E-state index is 11.9. The topological polar surface area (TPSA) is 59.6 Å². The summed E-state index contributed by atoms with van der Waals surface area (Å²) in [5.41, 5.74) is 1.19. The summed E-state index contributed by atoms with van der Waals surface area (Å²) in [5, 5.41) is 6.21. The molecule has 23 heavy (non-hydrogen) atoms. The summed E-state index contributed by atoms with van der Waals surface area (Å²) in [7, 11) is 1.64. The van der Waals surface area contributed by atoms with Gasteiger partial charge in [-0.25, -0.2) is 0 Å². The Bertz CT molecular complexity index is 491. The van der Waals surface area contributed by atoms with Gasteiger partial charge in [-0.3, -0.25) is 4.79 Å². The molecular weight excluding hydrogens is 316 g/mol. The van der Waals surface area contributed by atoms with Gasteiger partial charge in [-0.15, -0.1) is 12.4 Å². The number of benzene rings is 1. The first-order valence-electron chi connectivity index (χ1n) is 8.05. The Labute approximate surface area is 144 Å². The van der Waals surface area contributed by atoms with Gasteiger partial charge in [0.05, 0.1) is 19.8 Å². The third-order valence-corrected chi connectivity index (χ3v) is 3.85. The second-order valence-electron chi connectivity index (χ2n) is 5.46. The molecular formula is C17H27ClN2O3. The molecule has 0 saturated carbocycles. The minimum Gasteiger partial charge on any atom is -0.493 e. The molecule has 2 N–H and O–H groups in total. The van der Waals surface area contributed by atoms with Crippen molar-refractivity contribution in [2.24, 2.45) is 0 Å². The fraction of sp³-hybridized carbons (Fsp3) is 0.588. The van der Waals surface area contributed by atoms with Crippen LogP contribution in [-0.4, -0.2) is 38.8 Å². The Morgan fingerprint density at radius 2 is 2.22 bits per heavy atom. The van der Waals surface area contributed by atoms with E-state index < -0.39 is 0 Å². The van der Waals surface area contributed by atoms with E-state index >= 15 is 0 Å². The van der Waals surface area contributed by atoms with Crippen LogP contribution in [0.5, 0.6) is 11.5 Å². The third-order valence-electron chi connectivity index (χ3n) is 3.85. The van der Waals surface area contributed by atoms with Crippen molar-refractivity contribution in [2.75, 3.05) is 26.8 Å². The van der Waals surface area contributed by atoms with E-state index in [-0.39, 0.29) is 24.4 Å². The molecule has 1 aliphatic heterocycles. The number of methoxy groups -OCH3 is 1. The minimum atomic E-state index is 0. The van der Waals surface area contributed by atoms with Gasteiger partial charge in [0.1, 0.15) is 0 Å². The van der Waals surface area contributed by atoms with Gasteiger partial charge in [0.25, 0.3) is 0 Å². The molecule has 6 heteroatoms. The zero-order chi connectivity index (χ0) is 15.8.